The van der Waals surface area contributed by atoms with Crippen LogP contribution in [0, 0.1) is 5.41 Å². The lowest BCUT2D eigenvalue weighted by Gasteiger charge is -2.40. The van der Waals surface area contributed by atoms with Crippen molar-refractivity contribution >= 4 is 17.8 Å². The number of carboxylic acid groups (broad SMARTS) is 1. The van der Waals surface area contributed by atoms with E-state index in [1.807, 2.05) is 17.9 Å². The first-order valence-corrected chi connectivity index (χ1v) is 14.2. The smallest absolute Gasteiger partial charge is 0.416 e. The Kier molecular flexibility index (Phi) is 9.81. The molecule has 1 aliphatic heterocycles. The molecule has 1 saturated heterocycles. The SMILES string of the molecule is COc1cc(CN(CC2(C(=O)O)CCCCC2)C(C)c2ccc(C(F)(F)F)cc2)ccc1OCCN1C(=O)CCC1=O. The third-order valence-electron chi connectivity index (χ3n) is 8.38. The zero-order chi connectivity index (χ0) is 30.5. The Morgan fingerprint density at radius 3 is 2.24 bits per heavy atom. The summed E-state index contributed by atoms with van der Waals surface area (Å²) in [7, 11) is 1.49. The van der Waals surface area contributed by atoms with E-state index in [1.165, 1.54) is 24.1 Å². The third kappa shape index (κ3) is 7.24. The Morgan fingerprint density at radius 2 is 1.67 bits per heavy atom. The molecule has 8 nitrogen and oxygen atoms in total. The van der Waals surface area contributed by atoms with Crippen LogP contribution in [0.25, 0.3) is 0 Å². The molecule has 4 rings (SSSR count). The summed E-state index contributed by atoms with van der Waals surface area (Å²) in [6.45, 7) is 2.67. The first-order valence-electron chi connectivity index (χ1n) is 14.2. The van der Waals surface area contributed by atoms with Crippen molar-refractivity contribution in [2.45, 2.75) is 70.6 Å². The van der Waals surface area contributed by atoms with E-state index in [2.05, 4.69) is 0 Å². The average Bonchev–Trinajstić information content (AvgIpc) is 3.29. The van der Waals surface area contributed by atoms with Crippen molar-refractivity contribution in [1.29, 1.82) is 0 Å². The van der Waals surface area contributed by atoms with Crippen LogP contribution in [-0.2, 0) is 27.1 Å². The van der Waals surface area contributed by atoms with Crippen molar-refractivity contribution in [2.24, 2.45) is 5.41 Å². The van der Waals surface area contributed by atoms with Crippen LogP contribution in [0.15, 0.2) is 42.5 Å². The second-order valence-electron chi connectivity index (χ2n) is 11.1. The zero-order valence-corrected chi connectivity index (χ0v) is 23.9. The number of aliphatic carboxylic acids is 1. The highest BCUT2D eigenvalue weighted by molar-refractivity contribution is 6.01. The molecule has 2 aromatic rings. The Labute approximate surface area is 243 Å². The molecule has 0 spiro atoms. The molecule has 0 aromatic heterocycles. The lowest BCUT2D eigenvalue weighted by molar-refractivity contribution is -0.153. The Bertz CT molecular complexity index is 1260. The molecule has 1 atom stereocenters. The average molecular weight is 591 g/mol. The highest BCUT2D eigenvalue weighted by atomic mass is 19.4. The van der Waals surface area contributed by atoms with Crippen molar-refractivity contribution in [3.63, 3.8) is 0 Å². The summed E-state index contributed by atoms with van der Waals surface area (Å²) >= 11 is 0. The predicted molar refractivity (Wildman–Crippen MR) is 148 cm³/mol. The van der Waals surface area contributed by atoms with Gasteiger partial charge >= 0.3 is 12.1 Å². The molecule has 1 heterocycles. The van der Waals surface area contributed by atoms with Gasteiger partial charge in [0.2, 0.25) is 11.8 Å². The molecule has 11 heteroatoms. The van der Waals surface area contributed by atoms with Crippen LogP contribution in [0.1, 0.15) is 74.6 Å². The second kappa shape index (κ2) is 13.1. The molecule has 2 aromatic carbocycles. The van der Waals surface area contributed by atoms with E-state index >= 15 is 0 Å². The maximum atomic E-state index is 13.2. The van der Waals surface area contributed by atoms with E-state index in [4.69, 9.17) is 9.47 Å². The number of likely N-dealkylation sites (tertiary alicyclic amines) is 1. The number of hydrogen-bond acceptors (Lipinski definition) is 6. The minimum absolute atomic E-state index is 0.103. The van der Waals surface area contributed by atoms with Gasteiger partial charge in [-0.15, -0.1) is 0 Å². The fraction of sp³-hybridized carbons (Fsp3) is 0.516. The van der Waals surface area contributed by atoms with Crippen molar-refractivity contribution in [1.82, 2.24) is 9.80 Å². The van der Waals surface area contributed by atoms with Crippen molar-refractivity contribution in [3.05, 3.63) is 59.2 Å². The number of imide groups is 1. The lowest BCUT2D eigenvalue weighted by atomic mass is 9.73. The van der Waals surface area contributed by atoms with E-state index < -0.39 is 23.1 Å². The number of methoxy groups -OCH3 is 1. The molecule has 1 aliphatic carbocycles. The maximum absolute atomic E-state index is 13.2. The van der Waals surface area contributed by atoms with Crippen molar-refractivity contribution in [2.75, 3.05) is 26.8 Å². The summed E-state index contributed by atoms with van der Waals surface area (Å²) in [5, 5.41) is 10.3. The number of rotatable bonds is 12. The highest BCUT2D eigenvalue weighted by Crippen LogP contribution is 2.40. The molecule has 1 unspecified atom stereocenters. The minimum Gasteiger partial charge on any atom is -0.493 e. The topological polar surface area (TPSA) is 96.4 Å². The number of ether oxygens (including phenoxy) is 2. The van der Waals surface area contributed by atoms with Gasteiger partial charge in [-0.2, -0.15) is 13.2 Å². The van der Waals surface area contributed by atoms with Gasteiger partial charge in [-0.05, 0) is 55.2 Å². The van der Waals surface area contributed by atoms with Gasteiger partial charge in [-0.3, -0.25) is 24.2 Å². The first-order chi connectivity index (χ1) is 19.9. The fourth-order valence-corrected chi connectivity index (χ4v) is 5.83. The highest BCUT2D eigenvalue weighted by Gasteiger charge is 2.42. The molecule has 0 radical (unpaired) electrons. The van der Waals surface area contributed by atoms with Gasteiger partial charge in [0.25, 0.3) is 0 Å². The van der Waals surface area contributed by atoms with Crippen LogP contribution in [0.2, 0.25) is 0 Å². The number of alkyl halides is 3. The second-order valence-corrected chi connectivity index (χ2v) is 11.1. The summed E-state index contributed by atoms with van der Waals surface area (Å²) in [5.41, 5.74) is -0.231. The Balaban J connectivity index is 1.55. The largest absolute Gasteiger partial charge is 0.493 e. The van der Waals surface area contributed by atoms with Gasteiger partial charge in [0.1, 0.15) is 6.61 Å². The fourth-order valence-electron chi connectivity index (χ4n) is 5.83. The number of hydrogen-bond donors (Lipinski definition) is 1. The maximum Gasteiger partial charge on any atom is 0.416 e. The minimum atomic E-state index is -4.45. The van der Waals surface area contributed by atoms with Crippen molar-refractivity contribution < 1.29 is 42.1 Å². The van der Waals surface area contributed by atoms with Gasteiger partial charge in [-0.25, -0.2) is 0 Å². The zero-order valence-electron chi connectivity index (χ0n) is 23.9. The molecular formula is C31H37F3N2O6. The molecule has 2 amide bonds. The molecule has 1 saturated carbocycles. The third-order valence-corrected chi connectivity index (χ3v) is 8.38. The number of amides is 2. The Morgan fingerprint density at radius 1 is 1.02 bits per heavy atom. The summed E-state index contributed by atoms with van der Waals surface area (Å²) < 4.78 is 50.9. The van der Waals surface area contributed by atoms with Crippen molar-refractivity contribution in [3.8, 4) is 11.5 Å². The summed E-state index contributed by atoms with van der Waals surface area (Å²) in [6, 6.07) is 9.95. The van der Waals surface area contributed by atoms with Gasteiger partial charge in [-0.1, -0.05) is 37.5 Å². The standard InChI is InChI=1S/C31H37F3N2O6/c1-21(23-7-9-24(10-8-23)31(32,33)34)35(20-30(29(39)40)14-4-3-5-15-30)19-22-6-11-25(26(18-22)41-2)42-17-16-36-27(37)12-13-28(36)38/h6-11,18,21H,3-5,12-17,19-20H2,1-2H3,(H,39,40). The van der Waals surface area contributed by atoms with E-state index in [9.17, 15) is 32.7 Å². The number of benzene rings is 2. The monoisotopic (exact) mass is 590 g/mol. The molecule has 42 heavy (non-hydrogen) atoms. The summed E-state index contributed by atoms with van der Waals surface area (Å²) in [5.74, 6) is -0.435. The lowest BCUT2D eigenvalue weighted by Crippen LogP contribution is -2.45. The van der Waals surface area contributed by atoms with Gasteiger partial charge in [0.05, 0.1) is 24.6 Å². The number of carboxylic acids is 1. The van der Waals surface area contributed by atoms with Crippen LogP contribution >= 0.6 is 0 Å². The predicted octanol–water partition coefficient (Wildman–Crippen LogP) is 5.84. The van der Waals surface area contributed by atoms with Crippen LogP contribution in [0.5, 0.6) is 11.5 Å². The normalized spacial score (nSPS) is 17.9. The van der Waals surface area contributed by atoms with E-state index in [-0.39, 0.29) is 50.4 Å². The molecule has 228 valence electrons. The van der Waals surface area contributed by atoms with E-state index in [0.29, 0.717) is 36.4 Å². The Hall–Kier alpha value is -3.60. The molecule has 1 N–H and O–H groups in total. The molecule has 2 fully saturated rings. The quantitative estimate of drug-likeness (QED) is 0.310. The van der Waals surface area contributed by atoms with E-state index in [1.54, 1.807) is 12.1 Å². The molecule has 2 aliphatic rings. The number of carbonyl (C=O) groups is 3. The number of nitrogens with zero attached hydrogens (tertiary/aromatic N) is 2. The molecular weight excluding hydrogens is 553 g/mol. The van der Waals surface area contributed by atoms with Crippen LogP contribution in [0.3, 0.4) is 0 Å². The molecule has 0 bridgehead atoms. The summed E-state index contributed by atoms with van der Waals surface area (Å²) in [4.78, 5) is 39.4. The van der Waals surface area contributed by atoms with E-state index in [0.717, 1.165) is 37.0 Å². The van der Waals surface area contributed by atoms with Crippen LogP contribution < -0.4 is 9.47 Å². The van der Waals surface area contributed by atoms with Crippen LogP contribution in [0.4, 0.5) is 13.2 Å². The first kappa shape index (κ1) is 31.3. The summed E-state index contributed by atoms with van der Waals surface area (Å²) in [6.07, 6.45) is -0.359. The van der Waals surface area contributed by atoms with Gasteiger partial charge in [0, 0.05) is 32.0 Å². The number of halogens is 3. The van der Waals surface area contributed by atoms with Gasteiger partial charge in [0.15, 0.2) is 11.5 Å². The number of carbonyl (C=O) groups excluding carboxylic acids is 2. The van der Waals surface area contributed by atoms with Gasteiger partial charge < -0.3 is 14.6 Å². The van der Waals surface area contributed by atoms with Crippen LogP contribution in [-0.4, -0.2) is 59.5 Å².